The van der Waals surface area contributed by atoms with Crippen molar-refractivity contribution in [3.8, 4) is 23.0 Å². The molecule has 0 atom stereocenters. The summed E-state index contributed by atoms with van der Waals surface area (Å²) in [5.74, 6) is 0.226. The molecule has 196 valence electrons. The maximum absolute atomic E-state index is 10.7. The Labute approximate surface area is 226 Å². The van der Waals surface area contributed by atoms with E-state index in [4.69, 9.17) is 9.47 Å². The molecule has 4 rings (SSSR count). The van der Waals surface area contributed by atoms with Gasteiger partial charge in [0, 0.05) is 11.1 Å². The van der Waals surface area contributed by atoms with E-state index in [9.17, 15) is 10.2 Å². The molecule has 0 fully saturated rings. The van der Waals surface area contributed by atoms with Gasteiger partial charge in [-0.05, 0) is 62.6 Å². The van der Waals surface area contributed by atoms with Crippen LogP contribution in [0.1, 0.15) is 30.4 Å². The largest absolute Gasteiger partial charge is 0.504 e. The summed E-state index contributed by atoms with van der Waals surface area (Å²) in [7, 11) is 1.06. The first-order valence-electron chi connectivity index (χ1n) is 12.9. The van der Waals surface area contributed by atoms with Gasteiger partial charge in [-0.25, -0.2) is 0 Å². The first kappa shape index (κ1) is 27.3. The van der Waals surface area contributed by atoms with Gasteiger partial charge in [0.05, 0.1) is 20.4 Å². The van der Waals surface area contributed by atoms with Crippen LogP contribution < -0.4 is 25.4 Å². The summed E-state index contributed by atoms with van der Waals surface area (Å²) in [6, 6.07) is 32.8. The Kier molecular flexibility index (Phi) is 9.10. The number of unbranched alkanes of at least 4 members (excludes halogenated alkanes) is 2. The van der Waals surface area contributed by atoms with E-state index in [1.807, 2.05) is 6.08 Å². The fourth-order valence-corrected chi connectivity index (χ4v) is 9.50. The smallest absolute Gasteiger partial charge is 0.207 e. The molecule has 2 N–H and O–H groups in total. The van der Waals surface area contributed by atoms with E-state index in [0.29, 0.717) is 11.1 Å². The van der Waals surface area contributed by atoms with Crippen LogP contribution in [0.15, 0.2) is 97.1 Å². The molecule has 0 spiro atoms. The summed E-state index contributed by atoms with van der Waals surface area (Å²) < 4.78 is 10.5. The first-order valence-corrected chi connectivity index (χ1v) is 14.9. The van der Waals surface area contributed by atoms with E-state index >= 15 is 0 Å². The molecule has 0 bridgehead atoms. The number of benzene rings is 4. The summed E-state index contributed by atoms with van der Waals surface area (Å²) in [5, 5.41) is 25.4. The van der Waals surface area contributed by atoms with Gasteiger partial charge in [0.15, 0.2) is 11.5 Å². The van der Waals surface area contributed by atoms with Crippen molar-refractivity contribution in [2.45, 2.75) is 26.2 Å². The van der Waals surface area contributed by atoms with Crippen molar-refractivity contribution in [1.29, 1.82) is 0 Å². The van der Waals surface area contributed by atoms with Crippen molar-refractivity contribution in [3.05, 3.63) is 108 Å². The molecule has 0 aliphatic carbocycles. The number of hydrogen-bond acceptors (Lipinski definition) is 4. The zero-order valence-electron chi connectivity index (χ0n) is 22.3. The van der Waals surface area contributed by atoms with Crippen molar-refractivity contribution in [1.82, 2.24) is 0 Å². The molecule has 0 aromatic heterocycles. The molecule has 4 aromatic rings. The van der Waals surface area contributed by atoms with E-state index in [2.05, 4.69) is 97.1 Å². The highest BCUT2D eigenvalue weighted by Gasteiger charge is 2.44. The maximum Gasteiger partial charge on any atom is 0.207 e. The quantitative estimate of drug-likeness (QED) is 0.131. The summed E-state index contributed by atoms with van der Waals surface area (Å²) in [4.78, 5) is 0. The van der Waals surface area contributed by atoms with Gasteiger partial charge in [-0.3, -0.25) is 0 Å². The molecule has 0 heterocycles. The number of aromatic hydroxyl groups is 2. The highest BCUT2D eigenvalue weighted by molar-refractivity contribution is 7.95. The van der Waals surface area contributed by atoms with Gasteiger partial charge >= 0.3 is 0 Å². The lowest BCUT2D eigenvalue weighted by molar-refractivity contribution is 0.315. The zero-order valence-corrected chi connectivity index (χ0v) is 23.2. The second-order valence-electron chi connectivity index (χ2n) is 9.24. The molecular formula is C33H36O4P+. The summed E-state index contributed by atoms with van der Waals surface area (Å²) in [6.07, 6.45) is 7.90. The third-order valence-electron chi connectivity index (χ3n) is 7.05. The van der Waals surface area contributed by atoms with Gasteiger partial charge in [0.1, 0.15) is 23.2 Å². The normalized spacial score (nSPS) is 11.6. The van der Waals surface area contributed by atoms with Crippen LogP contribution in [-0.4, -0.2) is 30.6 Å². The SMILES string of the molecule is COc1c(O)c(C)c(/C=C/CCCC[P+](c2ccccc2)(c2ccccc2)c2ccccc2)c(O)c1OC. The number of hydrogen-bond donors (Lipinski definition) is 2. The summed E-state index contributed by atoms with van der Waals surface area (Å²) in [6.45, 7) is 1.76. The number of methoxy groups -OCH3 is 2. The molecule has 0 unspecified atom stereocenters. The molecular weight excluding hydrogens is 491 g/mol. The zero-order chi connectivity index (χ0) is 27.0. The minimum Gasteiger partial charge on any atom is -0.504 e. The van der Waals surface area contributed by atoms with Gasteiger partial charge in [0.25, 0.3) is 0 Å². The second kappa shape index (κ2) is 12.7. The maximum atomic E-state index is 10.7. The van der Waals surface area contributed by atoms with Crippen molar-refractivity contribution in [2.24, 2.45) is 0 Å². The lowest BCUT2D eigenvalue weighted by Crippen LogP contribution is -2.33. The number of phenols is 2. The molecule has 0 aliphatic rings. The topological polar surface area (TPSA) is 58.9 Å². The lowest BCUT2D eigenvalue weighted by Gasteiger charge is -2.27. The van der Waals surface area contributed by atoms with Crippen LogP contribution in [0, 0.1) is 6.92 Å². The van der Waals surface area contributed by atoms with Crippen LogP contribution >= 0.6 is 7.26 Å². The molecule has 4 aromatic carbocycles. The van der Waals surface area contributed by atoms with Crippen LogP contribution in [0.4, 0.5) is 0 Å². The van der Waals surface area contributed by atoms with E-state index in [-0.39, 0.29) is 23.0 Å². The molecule has 0 radical (unpaired) electrons. The minimum atomic E-state index is -1.83. The number of rotatable bonds is 11. The van der Waals surface area contributed by atoms with Crippen molar-refractivity contribution in [2.75, 3.05) is 20.4 Å². The van der Waals surface area contributed by atoms with Crippen molar-refractivity contribution in [3.63, 3.8) is 0 Å². The molecule has 5 heteroatoms. The van der Waals surface area contributed by atoms with Gasteiger partial charge in [-0.15, -0.1) is 0 Å². The van der Waals surface area contributed by atoms with E-state index in [0.717, 1.165) is 25.4 Å². The highest BCUT2D eigenvalue weighted by atomic mass is 31.2. The molecule has 0 saturated heterocycles. The Morgan fingerprint density at radius 2 is 1.11 bits per heavy atom. The molecule has 0 aliphatic heterocycles. The Hall–Kier alpha value is -3.75. The fourth-order valence-electron chi connectivity index (χ4n) is 5.09. The van der Waals surface area contributed by atoms with Crippen molar-refractivity contribution >= 4 is 29.3 Å². The third-order valence-corrected chi connectivity index (χ3v) is 11.6. The third kappa shape index (κ3) is 5.42. The number of ether oxygens (including phenoxy) is 2. The Morgan fingerprint density at radius 3 is 1.55 bits per heavy atom. The second-order valence-corrected chi connectivity index (χ2v) is 12.9. The number of phenolic OH excluding ortho intramolecular Hbond substituents is 2. The molecule has 0 saturated carbocycles. The van der Waals surface area contributed by atoms with Gasteiger partial charge in [-0.2, -0.15) is 0 Å². The van der Waals surface area contributed by atoms with Crippen LogP contribution in [0.2, 0.25) is 0 Å². The van der Waals surface area contributed by atoms with Crippen molar-refractivity contribution < 1.29 is 19.7 Å². The van der Waals surface area contributed by atoms with Gasteiger partial charge in [-0.1, -0.05) is 66.7 Å². The molecule has 0 amide bonds. The van der Waals surface area contributed by atoms with Crippen LogP contribution in [-0.2, 0) is 0 Å². The van der Waals surface area contributed by atoms with Gasteiger partial charge < -0.3 is 19.7 Å². The predicted molar refractivity (Wildman–Crippen MR) is 161 cm³/mol. The lowest BCUT2D eigenvalue weighted by atomic mass is 10.0. The average Bonchev–Trinajstić information content (AvgIpc) is 2.97. The predicted octanol–water partition coefficient (Wildman–Crippen LogP) is 6.60. The van der Waals surface area contributed by atoms with Gasteiger partial charge in [0.2, 0.25) is 11.5 Å². The Bertz CT molecular complexity index is 1260. The standard InChI is InChI=1S/C33H35O4P/c1-25-29(31(35)33(37-3)32(36-2)30(25)34)23-15-4-5-16-24-38(26-17-9-6-10-18-26,27-19-11-7-12-20-27)28-21-13-8-14-22-28/h6-15,17-23H,4-5,16,24H2,1-3H3,(H-,34,35)/p+1/b23-15+. The van der Waals surface area contributed by atoms with E-state index in [1.54, 1.807) is 6.92 Å². The first-order chi connectivity index (χ1) is 18.5. The molecule has 38 heavy (non-hydrogen) atoms. The monoisotopic (exact) mass is 527 g/mol. The average molecular weight is 528 g/mol. The number of allylic oxidation sites excluding steroid dienone is 1. The van der Waals surface area contributed by atoms with Crippen LogP contribution in [0.3, 0.4) is 0 Å². The van der Waals surface area contributed by atoms with Crippen LogP contribution in [0.25, 0.3) is 6.08 Å². The van der Waals surface area contributed by atoms with E-state index < -0.39 is 7.26 Å². The fraction of sp³-hybridized carbons (Fsp3) is 0.212. The molecule has 4 nitrogen and oxygen atoms in total. The Morgan fingerprint density at radius 1 is 0.658 bits per heavy atom. The highest BCUT2D eigenvalue weighted by Crippen LogP contribution is 2.56. The Balaban J connectivity index is 1.57. The minimum absolute atomic E-state index is 0.0232. The summed E-state index contributed by atoms with van der Waals surface area (Å²) in [5.41, 5.74) is 1.10. The van der Waals surface area contributed by atoms with E-state index in [1.165, 1.54) is 30.1 Å². The summed E-state index contributed by atoms with van der Waals surface area (Å²) >= 11 is 0. The van der Waals surface area contributed by atoms with Crippen LogP contribution in [0.5, 0.6) is 23.0 Å².